The third kappa shape index (κ3) is 14.0. The summed E-state index contributed by atoms with van der Waals surface area (Å²) in [6.45, 7) is 4.67. The Morgan fingerprint density at radius 1 is 1.02 bits per heavy atom. The molecular formula is C26H30BrF6N5O6. The minimum absolute atomic E-state index is 0.138. The third-order valence-corrected chi connectivity index (χ3v) is 6.41. The molecule has 1 aromatic carbocycles. The van der Waals surface area contributed by atoms with Crippen molar-refractivity contribution in [2.24, 2.45) is 5.92 Å². The number of carboxylic acids is 2. The summed E-state index contributed by atoms with van der Waals surface area (Å²) in [7, 11) is 0. The van der Waals surface area contributed by atoms with Crippen molar-refractivity contribution in [2.45, 2.75) is 57.7 Å². The number of amides is 2. The van der Waals surface area contributed by atoms with Crippen LogP contribution in [0.5, 0.6) is 0 Å². The van der Waals surface area contributed by atoms with Crippen LogP contribution in [0, 0.1) is 12.8 Å². The number of aromatic nitrogens is 1. The van der Waals surface area contributed by atoms with Gasteiger partial charge in [0.1, 0.15) is 11.9 Å². The van der Waals surface area contributed by atoms with E-state index in [0.717, 1.165) is 35.1 Å². The van der Waals surface area contributed by atoms with E-state index in [1.165, 1.54) is 5.56 Å². The van der Waals surface area contributed by atoms with Crippen molar-refractivity contribution < 1.29 is 55.7 Å². The first kappa shape index (κ1) is 38.1. The van der Waals surface area contributed by atoms with Crippen molar-refractivity contribution in [3.8, 4) is 0 Å². The summed E-state index contributed by atoms with van der Waals surface area (Å²) in [5.74, 6) is -5.04. The molecule has 7 N–H and O–H groups in total. The maximum Gasteiger partial charge on any atom is 0.490 e. The van der Waals surface area contributed by atoms with Crippen molar-refractivity contribution in [1.82, 2.24) is 20.9 Å². The van der Waals surface area contributed by atoms with Gasteiger partial charge < -0.3 is 31.9 Å². The topological polar surface area (TPSA) is 184 Å². The molecule has 1 aromatic heterocycles. The van der Waals surface area contributed by atoms with Crippen LogP contribution in [0.2, 0.25) is 0 Å². The molecule has 11 nitrogen and oxygen atoms in total. The number of nitrogens with one attached hydrogen (secondary N) is 3. The van der Waals surface area contributed by atoms with Crippen molar-refractivity contribution in [1.29, 1.82) is 0 Å². The van der Waals surface area contributed by atoms with Crippen LogP contribution in [0.15, 0.2) is 40.9 Å². The van der Waals surface area contributed by atoms with Crippen LogP contribution in [0.3, 0.4) is 0 Å². The molecule has 244 valence electrons. The maximum absolute atomic E-state index is 12.6. The number of alkyl halides is 6. The SMILES string of the molecule is Cc1nc(N)ccc1CNC(=O)[C@H](C)NC(=O)[C@H]1C[C@H](Cc2ccc(Br)cc2)CN1.O=C(O)C(F)(F)F.O=C(O)C(F)(F)F. The van der Waals surface area contributed by atoms with Crippen molar-refractivity contribution in [2.75, 3.05) is 12.3 Å². The Kier molecular flexibility index (Phi) is 14.5. The lowest BCUT2D eigenvalue weighted by Crippen LogP contribution is -2.50. The van der Waals surface area contributed by atoms with Gasteiger partial charge in [-0.3, -0.25) is 9.59 Å². The summed E-state index contributed by atoms with van der Waals surface area (Å²) in [6.07, 6.45) is -8.48. The van der Waals surface area contributed by atoms with Crippen molar-refractivity contribution in [3.05, 3.63) is 57.7 Å². The normalized spacial score (nSPS) is 16.8. The predicted octanol–water partition coefficient (Wildman–Crippen LogP) is 3.34. The number of aryl methyl sites for hydroxylation is 1. The summed E-state index contributed by atoms with van der Waals surface area (Å²) >= 11 is 3.45. The Morgan fingerprint density at radius 2 is 1.55 bits per heavy atom. The van der Waals surface area contributed by atoms with Gasteiger partial charge in [-0.2, -0.15) is 26.3 Å². The molecule has 1 aliphatic rings. The number of nitrogens with two attached hydrogens (primary N) is 1. The highest BCUT2D eigenvalue weighted by atomic mass is 79.9. The fourth-order valence-corrected chi connectivity index (χ4v) is 3.89. The summed E-state index contributed by atoms with van der Waals surface area (Å²) in [4.78, 5) is 46.9. The van der Waals surface area contributed by atoms with Gasteiger partial charge in [0.15, 0.2) is 0 Å². The van der Waals surface area contributed by atoms with E-state index in [-0.39, 0.29) is 17.9 Å². The average molecular weight is 702 g/mol. The maximum atomic E-state index is 12.6. The Morgan fingerprint density at radius 3 is 2.02 bits per heavy atom. The van der Waals surface area contributed by atoms with Gasteiger partial charge >= 0.3 is 24.3 Å². The number of hydrogen-bond donors (Lipinski definition) is 6. The van der Waals surface area contributed by atoms with Gasteiger partial charge in [-0.25, -0.2) is 14.6 Å². The molecule has 2 amide bonds. The standard InChI is InChI=1S/C22H28BrN5O2.2C2HF3O2/c1-13-17(5-8-20(24)27-13)12-26-21(29)14(2)28-22(30)19-10-16(11-25-19)9-15-3-6-18(23)7-4-15;2*3-2(4,5)1(6)7/h3-8,14,16,19,25H,9-12H2,1-2H3,(H2,24,27)(H,26,29)(H,28,30);2*(H,6,7)/t14-,16-,19+;;/m0../s1. The minimum Gasteiger partial charge on any atom is -0.475 e. The lowest BCUT2D eigenvalue weighted by atomic mass is 9.96. The Hall–Kier alpha value is -3.93. The van der Waals surface area contributed by atoms with Crippen molar-refractivity contribution >= 4 is 45.5 Å². The van der Waals surface area contributed by atoms with Crippen LogP contribution < -0.4 is 21.7 Å². The molecule has 2 heterocycles. The van der Waals surface area contributed by atoms with Crippen LogP contribution in [0.25, 0.3) is 0 Å². The van der Waals surface area contributed by atoms with Crippen LogP contribution >= 0.6 is 15.9 Å². The average Bonchev–Trinajstić information content (AvgIpc) is 3.37. The summed E-state index contributed by atoms with van der Waals surface area (Å²) < 4.78 is 64.5. The number of benzene rings is 1. The first-order chi connectivity index (χ1) is 20.2. The Labute approximate surface area is 255 Å². The highest BCUT2D eigenvalue weighted by Gasteiger charge is 2.39. The van der Waals surface area contributed by atoms with Gasteiger partial charge in [-0.15, -0.1) is 0 Å². The highest BCUT2D eigenvalue weighted by molar-refractivity contribution is 9.10. The van der Waals surface area contributed by atoms with E-state index in [4.69, 9.17) is 25.5 Å². The lowest BCUT2D eigenvalue weighted by Gasteiger charge is -2.17. The number of pyridine rings is 1. The van der Waals surface area contributed by atoms with E-state index >= 15 is 0 Å². The molecule has 3 atom stereocenters. The van der Waals surface area contributed by atoms with E-state index in [1.807, 2.05) is 25.1 Å². The Balaban J connectivity index is 0.000000574. The zero-order valence-corrected chi connectivity index (χ0v) is 24.8. The first-order valence-corrected chi connectivity index (χ1v) is 13.4. The Bertz CT molecular complexity index is 1270. The second-order valence-corrected chi connectivity index (χ2v) is 10.3. The van der Waals surface area contributed by atoms with E-state index in [9.17, 15) is 35.9 Å². The molecule has 0 saturated carbocycles. The molecule has 2 aromatic rings. The van der Waals surface area contributed by atoms with Crippen molar-refractivity contribution in [3.63, 3.8) is 0 Å². The minimum atomic E-state index is -5.08. The molecular weight excluding hydrogens is 672 g/mol. The molecule has 0 radical (unpaired) electrons. The molecule has 1 fully saturated rings. The molecule has 1 aliphatic heterocycles. The van der Waals surface area contributed by atoms with Gasteiger partial charge in [0.05, 0.1) is 6.04 Å². The molecule has 44 heavy (non-hydrogen) atoms. The molecule has 3 rings (SSSR count). The number of aliphatic carboxylic acids is 2. The molecule has 18 heteroatoms. The number of carbonyl (C=O) groups excluding carboxylic acids is 2. The lowest BCUT2D eigenvalue weighted by molar-refractivity contribution is -0.193. The smallest absolute Gasteiger partial charge is 0.475 e. The zero-order chi connectivity index (χ0) is 33.8. The largest absolute Gasteiger partial charge is 0.490 e. The van der Waals surface area contributed by atoms with Gasteiger partial charge in [0, 0.05) is 16.7 Å². The quantitative estimate of drug-likeness (QED) is 0.236. The van der Waals surface area contributed by atoms with Gasteiger partial charge in [0.25, 0.3) is 0 Å². The van der Waals surface area contributed by atoms with Gasteiger partial charge in [0.2, 0.25) is 11.8 Å². The molecule has 0 unspecified atom stereocenters. The zero-order valence-electron chi connectivity index (χ0n) is 23.2. The van der Waals surface area contributed by atoms with E-state index in [2.05, 4.69) is 49.0 Å². The number of hydrogen-bond acceptors (Lipinski definition) is 7. The second-order valence-electron chi connectivity index (χ2n) is 9.43. The summed E-state index contributed by atoms with van der Waals surface area (Å²) in [5.41, 5.74) is 8.58. The molecule has 0 aliphatic carbocycles. The fraction of sp³-hybridized carbons (Fsp3) is 0.423. The number of carboxylic acid groups (broad SMARTS) is 2. The first-order valence-electron chi connectivity index (χ1n) is 12.6. The van der Waals surface area contributed by atoms with Gasteiger partial charge in [-0.1, -0.05) is 34.1 Å². The number of carbonyl (C=O) groups is 4. The molecule has 1 saturated heterocycles. The van der Waals surface area contributed by atoms with E-state index in [1.54, 1.807) is 13.0 Å². The molecule has 0 bridgehead atoms. The number of nitrogen functional groups attached to an aromatic ring is 1. The monoisotopic (exact) mass is 701 g/mol. The predicted molar refractivity (Wildman–Crippen MR) is 148 cm³/mol. The number of anilines is 1. The van der Waals surface area contributed by atoms with E-state index < -0.39 is 30.3 Å². The van der Waals surface area contributed by atoms with Crippen LogP contribution in [0.1, 0.15) is 30.2 Å². The summed E-state index contributed by atoms with van der Waals surface area (Å²) in [6, 6.07) is 10.9. The number of halogens is 7. The highest BCUT2D eigenvalue weighted by Crippen LogP contribution is 2.21. The summed E-state index contributed by atoms with van der Waals surface area (Å²) in [5, 5.41) is 23.2. The van der Waals surface area contributed by atoms with Gasteiger partial charge in [-0.05, 0) is 68.5 Å². The van der Waals surface area contributed by atoms with Crippen LogP contribution in [-0.4, -0.2) is 69.9 Å². The van der Waals surface area contributed by atoms with E-state index in [0.29, 0.717) is 18.3 Å². The number of rotatable bonds is 7. The second kappa shape index (κ2) is 16.8. The fourth-order valence-electron chi connectivity index (χ4n) is 3.63. The van der Waals surface area contributed by atoms with Crippen LogP contribution in [-0.2, 0) is 32.1 Å². The third-order valence-electron chi connectivity index (χ3n) is 5.88. The molecule has 0 spiro atoms. The number of nitrogens with zero attached hydrogens (tertiary/aromatic N) is 1. The van der Waals surface area contributed by atoms with Crippen LogP contribution in [0.4, 0.5) is 32.2 Å².